The normalized spacial score (nSPS) is 19.2. The first-order valence-electron chi connectivity index (χ1n) is 11.4. The summed E-state index contributed by atoms with van der Waals surface area (Å²) in [5.41, 5.74) is 1.16. The molecular weight excluding hydrogens is 362 g/mol. The zero-order valence-electron chi connectivity index (χ0n) is 18.2. The summed E-state index contributed by atoms with van der Waals surface area (Å²) < 4.78 is 0. The monoisotopic (exact) mass is 399 g/mol. The highest BCUT2D eigenvalue weighted by molar-refractivity contribution is 5.80. The van der Waals surface area contributed by atoms with Crippen LogP contribution >= 0.6 is 0 Å². The van der Waals surface area contributed by atoms with Gasteiger partial charge in [-0.3, -0.25) is 14.5 Å². The van der Waals surface area contributed by atoms with Crippen LogP contribution in [0.5, 0.6) is 0 Å². The van der Waals surface area contributed by atoms with Crippen molar-refractivity contribution in [2.24, 2.45) is 5.92 Å². The average molecular weight is 400 g/mol. The third kappa shape index (κ3) is 6.30. The van der Waals surface area contributed by atoms with Crippen LogP contribution in [-0.2, 0) is 16.1 Å². The first-order chi connectivity index (χ1) is 14.0. The van der Waals surface area contributed by atoms with E-state index in [1.807, 2.05) is 23.1 Å². The van der Waals surface area contributed by atoms with Crippen LogP contribution in [0, 0.1) is 5.92 Å². The van der Waals surface area contributed by atoms with Gasteiger partial charge >= 0.3 is 0 Å². The molecule has 1 aromatic rings. The van der Waals surface area contributed by atoms with Crippen molar-refractivity contribution in [2.75, 3.05) is 32.7 Å². The van der Waals surface area contributed by atoms with Crippen molar-refractivity contribution >= 4 is 11.8 Å². The Morgan fingerprint density at radius 1 is 0.966 bits per heavy atom. The molecule has 0 spiro atoms. The van der Waals surface area contributed by atoms with Crippen LogP contribution in [-0.4, -0.2) is 65.3 Å². The second-order valence-corrected chi connectivity index (χ2v) is 8.89. The largest absolute Gasteiger partial charge is 0.342 e. The van der Waals surface area contributed by atoms with Gasteiger partial charge in [-0.05, 0) is 58.2 Å². The van der Waals surface area contributed by atoms with E-state index in [9.17, 15) is 9.59 Å². The maximum atomic E-state index is 13.0. The third-order valence-corrected chi connectivity index (χ3v) is 6.35. The van der Waals surface area contributed by atoms with Gasteiger partial charge in [0.25, 0.3) is 0 Å². The fraction of sp³-hybridized carbons (Fsp3) is 0.667. The van der Waals surface area contributed by atoms with E-state index in [1.54, 1.807) is 0 Å². The highest BCUT2D eigenvalue weighted by atomic mass is 16.2. The van der Waals surface area contributed by atoms with Gasteiger partial charge in [0.05, 0.1) is 6.54 Å². The lowest BCUT2D eigenvalue weighted by Crippen LogP contribution is -2.47. The molecule has 2 fully saturated rings. The summed E-state index contributed by atoms with van der Waals surface area (Å²) in [4.78, 5) is 32.1. The molecule has 29 heavy (non-hydrogen) atoms. The molecule has 0 atom stereocenters. The molecule has 2 aliphatic heterocycles. The highest BCUT2D eigenvalue weighted by Crippen LogP contribution is 2.22. The number of carbonyl (C=O) groups is 2. The summed E-state index contributed by atoms with van der Waals surface area (Å²) in [7, 11) is 0. The zero-order valence-corrected chi connectivity index (χ0v) is 18.2. The number of likely N-dealkylation sites (tertiary alicyclic amines) is 2. The van der Waals surface area contributed by atoms with Crippen molar-refractivity contribution in [1.29, 1.82) is 0 Å². The minimum Gasteiger partial charge on any atom is -0.342 e. The summed E-state index contributed by atoms with van der Waals surface area (Å²) in [5.74, 6) is 0.678. The standard InChI is InChI=1S/C24H37N3O2/c1-20(2)27(18-21-10-6-5-7-11-21)23(28)19-25-16-12-22(13-17-25)24(29)26-14-8-3-4-9-15-26/h5-7,10-11,20,22H,3-4,8-9,12-19H2,1-2H3. The Hall–Kier alpha value is -1.88. The molecule has 3 rings (SSSR count). The van der Waals surface area contributed by atoms with Crippen molar-refractivity contribution in [3.8, 4) is 0 Å². The van der Waals surface area contributed by atoms with Gasteiger partial charge in [-0.25, -0.2) is 0 Å². The molecule has 5 heteroatoms. The van der Waals surface area contributed by atoms with E-state index in [-0.39, 0.29) is 17.9 Å². The number of amides is 2. The number of carbonyl (C=O) groups excluding carboxylic acids is 2. The van der Waals surface area contributed by atoms with Gasteiger partial charge in [0.1, 0.15) is 0 Å². The molecule has 0 bridgehead atoms. The molecule has 2 aliphatic rings. The predicted molar refractivity (Wildman–Crippen MR) is 116 cm³/mol. The average Bonchev–Trinajstić information content (AvgIpc) is 3.02. The van der Waals surface area contributed by atoms with Crippen LogP contribution < -0.4 is 0 Å². The topological polar surface area (TPSA) is 43.9 Å². The van der Waals surface area contributed by atoms with Crippen molar-refractivity contribution in [2.45, 2.75) is 65.0 Å². The molecule has 0 saturated carbocycles. The molecule has 0 N–H and O–H groups in total. The van der Waals surface area contributed by atoms with Crippen molar-refractivity contribution in [1.82, 2.24) is 14.7 Å². The van der Waals surface area contributed by atoms with Crippen LogP contribution in [0.25, 0.3) is 0 Å². The maximum Gasteiger partial charge on any atom is 0.237 e. The Kier molecular flexibility index (Phi) is 8.10. The van der Waals surface area contributed by atoms with Crippen molar-refractivity contribution in [3.63, 3.8) is 0 Å². The molecule has 160 valence electrons. The van der Waals surface area contributed by atoms with Crippen LogP contribution in [0.3, 0.4) is 0 Å². The first-order valence-corrected chi connectivity index (χ1v) is 11.4. The van der Waals surface area contributed by atoms with Crippen molar-refractivity contribution in [3.05, 3.63) is 35.9 Å². The first kappa shape index (κ1) is 21.8. The van der Waals surface area contributed by atoms with Crippen LogP contribution in [0.2, 0.25) is 0 Å². The summed E-state index contributed by atoms with van der Waals surface area (Å²) in [6.07, 6.45) is 6.54. The second-order valence-electron chi connectivity index (χ2n) is 8.89. The van der Waals surface area contributed by atoms with Gasteiger partial charge in [0.15, 0.2) is 0 Å². The molecule has 0 aliphatic carbocycles. The lowest BCUT2D eigenvalue weighted by Gasteiger charge is -2.35. The zero-order chi connectivity index (χ0) is 20.6. The Morgan fingerprint density at radius 2 is 1.59 bits per heavy atom. The van der Waals surface area contributed by atoms with Gasteiger partial charge in [0.2, 0.25) is 11.8 Å². The van der Waals surface area contributed by atoms with E-state index in [4.69, 9.17) is 0 Å². The van der Waals surface area contributed by atoms with Gasteiger partial charge in [0, 0.05) is 31.6 Å². The molecule has 2 heterocycles. The molecule has 1 aromatic carbocycles. The van der Waals surface area contributed by atoms with Crippen molar-refractivity contribution < 1.29 is 9.59 Å². The van der Waals surface area contributed by atoms with Gasteiger partial charge < -0.3 is 9.80 Å². The van der Waals surface area contributed by atoms with Gasteiger partial charge in [-0.2, -0.15) is 0 Å². The molecule has 0 radical (unpaired) electrons. The number of hydrogen-bond acceptors (Lipinski definition) is 3. The van der Waals surface area contributed by atoms with Gasteiger partial charge in [-0.1, -0.05) is 43.2 Å². The number of nitrogens with zero attached hydrogens (tertiary/aromatic N) is 3. The minimum atomic E-state index is 0.143. The second kappa shape index (κ2) is 10.8. The quantitative estimate of drug-likeness (QED) is 0.735. The summed E-state index contributed by atoms with van der Waals surface area (Å²) >= 11 is 0. The van der Waals surface area contributed by atoms with E-state index in [0.717, 1.165) is 57.4 Å². The fourth-order valence-electron chi connectivity index (χ4n) is 4.51. The number of piperidine rings is 1. The van der Waals surface area contributed by atoms with Gasteiger partial charge in [-0.15, -0.1) is 0 Å². The maximum absolute atomic E-state index is 13.0. The van der Waals surface area contributed by atoms with E-state index in [0.29, 0.717) is 19.0 Å². The number of benzene rings is 1. The SMILES string of the molecule is CC(C)N(Cc1ccccc1)C(=O)CN1CCC(C(=O)N2CCCCCC2)CC1. The Balaban J connectivity index is 1.48. The number of rotatable bonds is 6. The molecule has 2 saturated heterocycles. The molecule has 0 unspecified atom stereocenters. The van der Waals surface area contributed by atoms with Crippen LogP contribution in [0.4, 0.5) is 0 Å². The van der Waals surface area contributed by atoms with E-state index in [2.05, 4.69) is 35.8 Å². The third-order valence-electron chi connectivity index (χ3n) is 6.35. The Labute approximate surface area is 176 Å². The Morgan fingerprint density at radius 3 is 2.17 bits per heavy atom. The van der Waals surface area contributed by atoms with Crippen LogP contribution in [0.1, 0.15) is 57.9 Å². The molecule has 2 amide bonds. The summed E-state index contributed by atoms with van der Waals surface area (Å²) in [6.45, 7) is 8.80. The van der Waals surface area contributed by atoms with Crippen LogP contribution in [0.15, 0.2) is 30.3 Å². The predicted octanol–water partition coefficient (Wildman–Crippen LogP) is 3.54. The number of hydrogen-bond donors (Lipinski definition) is 0. The summed E-state index contributed by atoms with van der Waals surface area (Å²) in [6, 6.07) is 10.4. The minimum absolute atomic E-state index is 0.143. The molecule has 5 nitrogen and oxygen atoms in total. The van der Waals surface area contributed by atoms with E-state index in [1.165, 1.54) is 12.8 Å². The highest BCUT2D eigenvalue weighted by Gasteiger charge is 2.30. The smallest absolute Gasteiger partial charge is 0.237 e. The fourth-order valence-corrected chi connectivity index (χ4v) is 4.51. The lowest BCUT2D eigenvalue weighted by molar-refractivity contribution is -0.138. The lowest BCUT2D eigenvalue weighted by atomic mass is 9.95. The molecule has 0 aromatic heterocycles. The summed E-state index contributed by atoms with van der Waals surface area (Å²) in [5, 5.41) is 0. The Bertz CT molecular complexity index is 645. The van der Waals surface area contributed by atoms with E-state index < -0.39 is 0 Å². The van der Waals surface area contributed by atoms with E-state index >= 15 is 0 Å². The molecular formula is C24H37N3O2.